The molecule has 1 heterocycles. The van der Waals surface area contributed by atoms with Crippen LogP contribution in [-0.4, -0.2) is 34.0 Å². The monoisotopic (exact) mass is 213 g/mol. The molecule has 0 aromatic rings. The summed E-state index contributed by atoms with van der Waals surface area (Å²) in [6.45, 7) is 7.08. The molecule has 0 aromatic carbocycles. The molecule has 86 valence electrons. The van der Waals surface area contributed by atoms with Crippen molar-refractivity contribution in [2.75, 3.05) is 6.54 Å². The Balaban J connectivity index is 2.76. The van der Waals surface area contributed by atoms with Crippen LogP contribution in [0.25, 0.3) is 0 Å². The summed E-state index contributed by atoms with van der Waals surface area (Å²) in [5.74, 6) is -0.364. The summed E-state index contributed by atoms with van der Waals surface area (Å²) < 4.78 is 0. The molecule has 1 rings (SSSR count). The largest absolute Gasteiger partial charge is 0.389 e. The zero-order valence-electron chi connectivity index (χ0n) is 9.83. The predicted molar refractivity (Wildman–Crippen MR) is 56.0 cm³/mol. The summed E-state index contributed by atoms with van der Waals surface area (Å²) in [4.78, 5) is 24.6. The minimum atomic E-state index is -1.02. The fourth-order valence-electron chi connectivity index (χ4n) is 1.77. The average molecular weight is 213 g/mol. The Morgan fingerprint density at radius 3 is 2.00 bits per heavy atom. The van der Waals surface area contributed by atoms with Crippen molar-refractivity contribution >= 4 is 11.8 Å². The molecule has 0 bridgehead atoms. The van der Waals surface area contributed by atoms with E-state index in [2.05, 4.69) is 0 Å². The quantitative estimate of drug-likeness (QED) is 0.694. The van der Waals surface area contributed by atoms with Crippen molar-refractivity contribution in [2.45, 2.75) is 46.1 Å². The Bertz CT molecular complexity index is 269. The van der Waals surface area contributed by atoms with E-state index in [9.17, 15) is 14.7 Å². The Labute approximate surface area is 90.3 Å². The number of hydrogen-bond acceptors (Lipinski definition) is 3. The van der Waals surface area contributed by atoms with Gasteiger partial charge in [0.1, 0.15) is 0 Å². The summed E-state index contributed by atoms with van der Waals surface area (Å²) in [7, 11) is 0. The molecule has 1 fully saturated rings. The maximum absolute atomic E-state index is 11.7. The van der Waals surface area contributed by atoms with Crippen molar-refractivity contribution in [3.05, 3.63) is 0 Å². The number of imide groups is 1. The topological polar surface area (TPSA) is 57.6 Å². The molecular weight excluding hydrogens is 194 g/mol. The van der Waals surface area contributed by atoms with E-state index in [4.69, 9.17) is 0 Å². The van der Waals surface area contributed by atoms with Crippen molar-refractivity contribution in [3.8, 4) is 0 Å². The standard InChI is InChI=1S/C11H19NO3/c1-10(2)5-8(13)12(9(14)6-10)7-11(3,4)15/h15H,5-7H2,1-4H3. The number of piperidine rings is 1. The Morgan fingerprint density at radius 2 is 1.67 bits per heavy atom. The number of amides is 2. The minimum absolute atomic E-state index is 0.0841. The molecule has 0 aromatic heterocycles. The number of carbonyl (C=O) groups is 2. The van der Waals surface area contributed by atoms with Gasteiger partial charge in [0, 0.05) is 12.8 Å². The molecule has 0 unspecified atom stereocenters. The summed E-state index contributed by atoms with van der Waals surface area (Å²) in [6, 6.07) is 0. The second kappa shape index (κ2) is 3.59. The van der Waals surface area contributed by atoms with Crippen LogP contribution in [0.2, 0.25) is 0 Å². The molecule has 0 saturated carbocycles. The van der Waals surface area contributed by atoms with Crippen LogP contribution in [0.5, 0.6) is 0 Å². The highest BCUT2D eigenvalue weighted by molar-refractivity contribution is 5.98. The molecule has 1 saturated heterocycles. The highest BCUT2D eigenvalue weighted by atomic mass is 16.3. The van der Waals surface area contributed by atoms with E-state index in [1.807, 2.05) is 13.8 Å². The average Bonchev–Trinajstić information content (AvgIpc) is 1.93. The van der Waals surface area contributed by atoms with Crippen molar-refractivity contribution in [2.24, 2.45) is 5.41 Å². The van der Waals surface area contributed by atoms with Crippen LogP contribution in [0.1, 0.15) is 40.5 Å². The first-order chi connectivity index (χ1) is 6.61. The van der Waals surface area contributed by atoms with Gasteiger partial charge >= 0.3 is 0 Å². The van der Waals surface area contributed by atoms with E-state index in [0.29, 0.717) is 12.8 Å². The lowest BCUT2D eigenvalue weighted by Crippen LogP contribution is -2.51. The predicted octanol–water partition coefficient (Wildman–Crippen LogP) is 0.932. The van der Waals surface area contributed by atoms with Gasteiger partial charge in [0.2, 0.25) is 11.8 Å². The van der Waals surface area contributed by atoms with Gasteiger partial charge in [-0.1, -0.05) is 13.8 Å². The molecule has 2 amide bonds. The Kier molecular flexibility index (Phi) is 2.92. The van der Waals surface area contributed by atoms with E-state index in [0.717, 1.165) is 0 Å². The number of aliphatic hydroxyl groups is 1. The van der Waals surface area contributed by atoms with Gasteiger partial charge in [0.25, 0.3) is 0 Å². The van der Waals surface area contributed by atoms with Gasteiger partial charge in [-0.15, -0.1) is 0 Å². The molecule has 0 aliphatic carbocycles. The van der Waals surface area contributed by atoms with E-state index in [-0.39, 0.29) is 23.8 Å². The lowest BCUT2D eigenvalue weighted by molar-refractivity contribution is -0.155. The maximum atomic E-state index is 11.7. The van der Waals surface area contributed by atoms with Gasteiger partial charge in [0.15, 0.2) is 0 Å². The van der Waals surface area contributed by atoms with E-state index >= 15 is 0 Å². The van der Waals surface area contributed by atoms with Crippen LogP contribution >= 0.6 is 0 Å². The third-order valence-electron chi connectivity index (χ3n) is 2.41. The molecule has 0 radical (unpaired) electrons. The number of nitrogens with zero attached hydrogens (tertiary/aromatic N) is 1. The highest BCUT2D eigenvalue weighted by Crippen LogP contribution is 2.31. The van der Waals surface area contributed by atoms with Gasteiger partial charge in [0.05, 0.1) is 12.1 Å². The molecule has 0 atom stereocenters. The molecule has 4 heteroatoms. The summed E-state index contributed by atoms with van der Waals surface area (Å²) in [5, 5.41) is 9.59. The number of β-amino-alcohol motifs (C(OH)–C–C–N with tert-alkyl or cyclic N) is 1. The zero-order valence-corrected chi connectivity index (χ0v) is 9.83. The van der Waals surface area contributed by atoms with Crippen molar-refractivity contribution in [3.63, 3.8) is 0 Å². The first-order valence-corrected chi connectivity index (χ1v) is 5.16. The number of hydrogen-bond donors (Lipinski definition) is 1. The first kappa shape index (κ1) is 12.2. The first-order valence-electron chi connectivity index (χ1n) is 5.16. The molecule has 1 aliphatic heterocycles. The highest BCUT2D eigenvalue weighted by Gasteiger charge is 2.38. The van der Waals surface area contributed by atoms with Crippen LogP contribution in [0.3, 0.4) is 0 Å². The SMILES string of the molecule is CC(C)(O)CN1C(=O)CC(C)(C)CC1=O. The fourth-order valence-corrected chi connectivity index (χ4v) is 1.77. The number of carbonyl (C=O) groups excluding carboxylic acids is 2. The van der Waals surface area contributed by atoms with Crippen LogP contribution in [0.4, 0.5) is 0 Å². The third kappa shape index (κ3) is 3.30. The third-order valence-corrected chi connectivity index (χ3v) is 2.41. The minimum Gasteiger partial charge on any atom is -0.389 e. The lowest BCUT2D eigenvalue weighted by Gasteiger charge is -2.37. The number of likely N-dealkylation sites (tertiary alicyclic amines) is 1. The van der Waals surface area contributed by atoms with Gasteiger partial charge < -0.3 is 5.11 Å². The summed E-state index contributed by atoms with van der Waals surface area (Å²) in [6.07, 6.45) is 0.740. The summed E-state index contributed by atoms with van der Waals surface area (Å²) >= 11 is 0. The Hall–Kier alpha value is -0.900. The second-order valence-corrected chi connectivity index (χ2v) is 5.70. The summed E-state index contributed by atoms with van der Waals surface area (Å²) in [5.41, 5.74) is -1.27. The van der Waals surface area contributed by atoms with Crippen LogP contribution in [0.15, 0.2) is 0 Å². The molecule has 15 heavy (non-hydrogen) atoms. The maximum Gasteiger partial charge on any atom is 0.229 e. The van der Waals surface area contributed by atoms with E-state index < -0.39 is 5.60 Å². The lowest BCUT2D eigenvalue weighted by atomic mass is 9.81. The Morgan fingerprint density at radius 1 is 1.27 bits per heavy atom. The van der Waals surface area contributed by atoms with Gasteiger partial charge in [-0.05, 0) is 19.3 Å². The van der Waals surface area contributed by atoms with Gasteiger partial charge in [-0.3, -0.25) is 14.5 Å². The van der Waals surface area contributed by atoms with Crippen molar-refractivity contribution in [1.29, 1.82) is 0 Å². The number of rotatable bonds is 2. The van der Waals surface area contributed by atoms with Gasteiger partial charge in [-0.2, -0.15) is 0 Å². The van der Waals surface area contributed by atoms with E-state index in [1.165, 1.54) is 4.90 Å². The molecule has 4 nitrogen and oxygen atoms in total. The van der Waals surface area contributed by atoms with E-state index in [1.54, 1.807) is 13.8 Å². The second-order valence-electron chi connectivity index (χ2n) is 5.70. The molecule has 1 aliphatic rings. The van der Waals surface area contributed by atoms with Gasteiger partial charge in [-0.25, -0.2) is 0 Å². The normalized spacial score (nSPS) is 22.1. The fraction of sp³-hybridized carbons (Fsp3) is 0.818. The van der Waals surface area contributed by atoms with Crippen LogP contribution in [0, 0.1) is 5.41 Å². The van der Waals surface area contributed by atoms with Crippen LogP contribution in [-0.2, 0) is 9.59 Å². The molecular formula is C11H19NO3. The van der Waals surface area contributed by atoms with Crippen molar-refractivity contribution in [1.82, 2.24) is 4.90 Å². The smallest absolute Gasteiger partial charge is 0.229 e. The molecule has 0 spiro atoms. The zero-order chi connectivity index (χ0) is 11.9. The van der Waals surface area contributed by atoms with Crippen LogP contribution < -0.4 is 0 Å². The molecule has 1 N–H and O–H groups in total. The van der Waals surface area contributed by atoms with Crippen molar-refractivity contribution < 1.29 is 14.7 Å².